The number of halogens is 2. The van der Waals surface area contributed by atoms with E-state index in [1.807, 2.05) is 0 Å². The van der Waals surface area contributed by atoms with Gasteiger partial charge in [-0.15, -0.1) is 11.8 Å². The molecule has 1 aromatic heterocycles. The Morgan fingerprint density at radius 3 is 2.71 bits per heavy atom. The number of furan rings is 1. The zero-order valence-electron chi connectivity index (χ0n) is 14.7. The average molecular weight is 410 g/mol. The number of esters is 1. The normalized spacial score (nSPS) is 18.8. The van der Waals surface area contributed by atoms with E-state index in [2.05, 4.69) is 5.32 Å². The summed E-state index contributed by atoms with van der Waals surface area (Å²) in [6.45, 7) is 0.702. The van der Waals surface area contributed by atoms with Crippen LogP contribution in [0.25, 0.3) is 0 Å². The molecule has 7 nitrogen and oxygen atoms in total. The van der Waals surface area contributed by atoms with Crippen LogP contribution in [0.4, 0.5) is 14.5 Å². The van der Waals surface area contributed by atoms with Gasteiger partial charge in [0, 0.05) is 24.4 Å². The van der Waals surface area contributed by atoms with Gasteiger partial charge in [-0.25, -0.2) is 13.6 Å². The molecule has 2 atom stereocenters. The van der Waals surface area contributed by atoms with Crippen molar-refractivity contribution in [2.75, 3.05) is 17.7 Å². The molecule has 1 N–H and O–H groups in total. The van der Waals surface area contributed by atoms with Crippen LogP contribution in [-0.4, -0.2) is 41.1 Å². The summed E-state index contributed by atoms with van der Waals surface area (Å²) in [4.78, 5) is 37.6. The predicted molar refractivity (Wildman–Crippen MR) is 96.2 cm³/mol. The fourth-order valence-corrected chi connectivity index (χ4v) is 4.14. The number of hydrogen-bond donors (Lipinski definition) is 1. The molecule has 1 aliphatic rings. The second-order valence-electron chi connectivity index (χ2n) is 5.93. The van der Waals surface area contributed by atoms with Crippen molar-refractivity contribution in [1.29, 1.82) is 0 Å². The van der Waals surface area contributed by atoms with E-state index in [-0.39, 0.29) is 17.3 Å². The molecule has 0 aliphatic carbocycles. The minimum Gasteiger partial charge on any atom is -0.466 e. The van der Waals surface area contributed by atoms with Gasteiger partial charge in [-0.05, 0) is 24.3 Å². The third-order valence-corrected chi connectivity index (χ3v) is 5.25. The molecule has 0 radical (unpaired) electrons. The van der Waals surface area contributed by atoms with Crippen molar-refractivity contribution in [2.45, 2.75) is 18.3 Å². The topological polar surface area (TPSA) is 88.8 Å². The standard InChI is InChI=1S/C18H16F2N2O5S/c1-10(23)22-14(9-28-17(22)15-3-2-6-26-15)18(25)27-8-16(24)21-11-4-5-12(19)13(20)7-11/h2-7,14,17H,8-9H2,1H3,(H,21,24)/t14-,17-/m0/s1. The smallest absolute Gasteiger partial charge is 0.330 e. The van der Waals surface area contributed by atoms with Gasteiger partial charge in [-0.3, -0.25) is 9.59 Å². The Morgan fingerprint density at radius 2 is 2.07 bits per heavy atom. The van der Waals surface area contributed by atoms with E-state index in [9.17, 15) is 23.2 Å². The molecule has 2 amide bonds. The van der Waals surface area contributed by atoms with Crippen molar-refractivity contribution in [3.05, 3.63) is 54.0 Å². The molecule has 0 spiro atoms. The molecule has 2 aromatic rings. The molecule has 1 fully saturated rings. The zero-order valence-corrected chi connectivity index (χ0v) is 15.5. The Bertz CT molecular complexity index is 890. The first kappa shape index (κ1) is 19.9. The molecule has 2 heterocycles. The molecule has 148 valence electrons. The fraction of sp³-hybridized carbons (Fsp3) is 0.278. The molecule has 0 saturated carbocycles. The van der Waals surface area contributed by atoms with Crippen LogP contribution in [-0.2, 0) is 19.1 Å². The van der Waals surface area contributed by atoms with Crippen molar-refractivity contribution in [3.63, 3.8) is 0 Å². The number of carbonyl (C=O) groups is 3. The van der Waals surface area contributed by atoms with Crippen molar-refractivity contribution < 1.29 is 32.3 Å². The van der Waals surface area contributed by atoms with Gasteiger partial charge in [0.1, 0.15) is 17.2 Å². The van der Waals surface area contributed by atoms with Gasteiger partial charge < -0.3 is 19.4 Å². The van der Waals surface area contributed by atoms with Crippen LogP contribution in [0.2, 0.25) is 0 Å². The maximum absolute atomic E-state index is 13.2. The van der Waals surface area contributed by atoms with Crippen LogP contribution in [0, 0.1) is 11.6 Å². The molecule has 1 aliphatic heterocycles. The summed E-state index contributed by atoms with van der Waals surface area (Å²) in [5, 5.41) is 1.84. The number of carbonyl (C=O) groups excluding carboxylic acids is 3. The minimum atomic E-state index is -1.11. The number of nitrogens with zero attached hydrogens (tertiary/aromatic N) is 1. The Labute approximate surface area is 163 Å². The van der Waals surface area contributed by atoms with Crippen LogP contribution < -0.4 is 5.32 Å². The summed E-state index contributed by atoms with van der Waals surface area (Å²) in [6, 6.07) is 5.38. The molecule has 3 rings (SSSR count). The Balaban J connectivity index is 1.58. The molecule has 0 unspecified atom stereocenters. The molecular weight excluding hydrogens is 394 g/mol. The minimum absolute atomic E-state index is 0.0274. The summed E-state index contributed by atoms with van der Waals surface area (Å²) >= 11 is 1.35. The highest BCUT2D eigenvalue weighted by Crippen LogP contribution is 2.41. The third kappa shape index (κ3) is 4.33. The van der Waals surface area contributed by atoms with Crippen LogP contribution in [0.3, 0.4) is 0 Å². The number of thioether (sulfide) groups is 1. The number of nitrogens with one attached hydrogen (secondary N) is 1. The highest BCUT2D eigenvalue weighted by Gasteiger charge is 2.43. The Morgan fingerprint density at radius 1 is 1.29 bits per heavy atom. The van der Waals surface area contributed by atoms with E-state index in [1.54, 1.807) is 12.1 Å². The van der Waals surface area contributed by atoms with Gasteiger partial charge in [0.15, 0.2) is 18.2 Å². The van der Waals surface area contributed by atoms with Crippen LogP contribution in [0.5, 0.6) is 0 Å². The Kier molecular flexibility index (Phi) is 5.98. The summed E-state index contributed by atoms with van der Waals surface area (Å²) in [5.74, 6) is -3.13. The lowest BCUT2D eigenvalue weighted by atomic mass is 10.2. The molecule has 1 saturated heterocycles. The van der Waals surface area contributed by atoms with E-state index in [4.69, 9.17) is 9.15 Å². The maximum Gasteiger partial charge on any atom is 0.330 e. The van der Waals surface area contributed by atoms with Crippen LogP contribution in [0.1, 0.15) is 18.1 Å². The van der Waals surface area contributed by atoms with Gasteiger partial charge in [0.25, 0.3) is 5.91 Å². The molecule has 28 heavy (non-hydrogen) atoms. The highest BCUT2D eigenvalue weighted by molar-refractivity contribution is 7.99. The van der Waals surface area contributed by atoms with Crippen LogP contribution in [0.15, 0.2) is 41.0 Å². The maximum atomic E-state index is 13.2. The highest BCUT2D eigenvalue weighted by atomic mass is 32.2. The first-order valence-corrected chi connectivity index (χ1v) is 9.27. The second-order valence-corrected chi connectivity index (χ2v) is 7.04. The summed E-state index contributed by atoms with van der Waals surface area (Å²) in [7, 11) is 0. The summed E-state index contributed by atoms with van der Waals surface area (Å²) in [6.07, 6.45) is 1.47. The number of anilines is 1. The number of ether oxygens (including phenoxy) is 1. The quantitative estimate of drug-likeness (QED) is 0.763. The SMILES string of the molecule is CC(=O)N1[C@H](C(=O)OCC(=O)Nc2ccc(F)c(F)c2)CS[C@H]1c1ccco1. The largest absolute Gasteiger partial charge is 0.466 e. The first-order chi connectivity index (χ1) is 13.4. The monoisotopic (exact) mass is 410 g/mol. The van der Waals surface area contributed by atoms with Gasteiger partial charge in [0.2, 0.25) is 5.91 Å². The predicted octanol–water partition coefficient (Wildman–Crippen LogP) is 2.70. The average Bonchev–Trinajstić information content (AvgIpc) is 3.31. The van der Waals surface area contributed by atoms with E-state index < -0.39 is 41.5 Å². The number of benzene rings is 1. The van der Waals surface area contributed by atoms with Crippen molar-refractivity contribution in [1.82, 2.24) is 4.90 Å². The lowest BCUT2D eigenvalue weighted by Gasteiger charge is -2.25. The lowest BCUT2D eigenvalue weighted by molar-refractivity contribution is -0.155. The van der Waals surface area contributed by atoms with Gasteiger partial charge in [0.05, 0.1) is 6.26 Å². The van der Waals surface area contributed by atoms with Gasteiger partial charge in [-0.2, -0.15) is 0 Å². The van der Waals surface area contributed by atoms with Crippen molar-refractivity contribution >= 4 is 35.2 Å². The number of amides is 2. The molecule has 10 heteroatoms. The second kappa shape index (κ2) is 8.42. The number of rotatable bonds is 5. The van der Waals surface area contributed by atoms with E-state index in [0.717, 1.165) is 12.1 Å². The van der Waals surface area contributed by atoms with Gasteiger partial charge >= 0.3 is 5.97 Å². The third-order valence-electron chi connectivity index (χ3n) is 3.97. The van der Waals surface area contributed by atoms with E-state index >= 15 is 0 Å². The summed E-state index contributed by atoms with van der Waals surface area (Å²) in [5.41, 5.74) is 0.0274. The number of hydrogen-bond acceptors (Lipinski definition) is 6. The summed E-state index contributed by atoms with van der Waals surface area (Å²) < 4.78 is 36.4. The van der Waals surface area contributed by atoms with Crippen molar-refractivity contribution in [2.24, 2.45) is 0 Å². The fourth-order valence-electron chi connectivity index (χ4n) is 2.73. The van der Waals surface area contributed by atoms with Crippen molar-refractivity contribution in [3.8, 4) is 0 Å². The molecule has 0 bridgehead atoms. The lowest BCUT2D eigenvalue weighted by Crippen LogP contribution is -2.43. The Hall–Kier alpha value is -2.88. The van der Waals surface area contributed by atoms with Crippen LogP contribution >= 0.6 is 11.8 Å². The van der Waals surface area contributed by atoms with Gasteiger partial charge in [-0.1, -0.05) is 0 Å². The first-order valence-electron chi connectivity index (χ1n) is 8.22. The van der Waals surface area contributed by atoms with E-state index in [0.29, 0.717) is 5.76 Å². The molecule has 1 aromatic carbocycles. The van der Waals surface area contributed by atoms with E-state index in [1.165, 1.54) is 35.9 Å². The molecular formula is C18H16F2N2O5S. The zero-order chi connectivity index (χ0) is 20.3.